The van der Waals surface area contributed by atoms with Crippen molar-refractivity contribution < 1.29 is 4.92 Å². The molecule has 0 amide bonds. The summed E-state index contributed by atoms with van der Waals surface area (Å²) >= 11 is 0. The Hall–Kier alpha value is -1.39. The number of aromatic nitrogens is 2. The first-order valence-corrected chi connectivity index (χ1v) is 3.18. The van der Waals surface area contributed by atoms with Gasteiger partial charge in [-0.05, 0) is 18.8 Å². The van der Waals surface area contributed by atoms with Gasteiger partial charge in [0.05, 0.1) is 7.05 Å². The fraction of sp³-hybridized carbons (Fsp3) is 0.500. The lowest BCUT2D eigenvalue weighted by molar-refractivity contribution is -0.396. The summed E-state index contributed by atoms with van der Waals surface area (Å²) in [5.41, 5.74) is 1.54. The standard InChI is InChI=1S/C6H9N3O2/c1-4-5(2)8(3)6(7-4)9(10)11/h1-3H3. The molecule has 11 heavy (non-hydrogen) atoms. The van der Waals surface area contributed by atoms with Crippen LogP contribution in [0.1, 0.15) is 11.4 Å². The van der Waals surface area contributed by atoms with Crippen LogP contribution in [0.2, 0.25) is 0 Å². The molecule has 0 aliphatic heterocycles. The Morgan fingerprint density at radius 2 is 2.09 bits per heavy atom. The molecule has 1 heterocycles. The molecule has 0 atom stereocenters. The molecule has 0 N–H and O–H groups in total. The van der Waals surface area contributed by atoms with Crippen molar-refractivity contribution >= 4 is 5.95 Å². The fourth-order valence-electron chi connectivity index (χ4n) is 0.862. The van der Waals surface area contributed by atoms with E-state index in [2.05, 4.69) is 4.98 Å². The van der Waals surface area contributed by atoms with Crippen LogP contribution in [0.5, 0.6) is 0 Å². The van der Waals surface area contributed by atoms with Gasteiger partial charge in [-0.1, -0.05) is 4.98 Å². The van der Waals surface area contributed by atoms with E-state index >= 15 is 0 Å². The van der Waals surface area contributed by atoms with E-state index in [0.717, 1.165) is 5.69 Å². The third-order valence-corrected chi connectivity index (χ3v) is 1.76. The molecule has 1 aromatic rings. The van der Waals surface area contributed by atoms with Gasteiger partial charge in [0.25, 0.3) is 0 Å². The van der Waals surface area contributed by atoms with E-state index in [4.69, 9.17) is 0 Å². The Morgan fingerprint density at radius 1 is 1.55 bits per heavy atom. The van der Waals surface area contributed by atoms with Crippen molar-refractivity contribution in [1.29, 1.82) is 0 Å². The number of hydrogen-bond acceptors (Lipinski definition) is 3. The minimum atomic E-state index is -0.486. The highest BCUT2D eigenvalue weighted by Gasteiger charge is 2.17. The molecule has 5 heteroatoms. The highest BCUT2D eigenvalue weighted by atomic mass is 16.6. The Bertz CT molecular complexity index is 303. The van der Waals surface area contributed by atoms with Crippen molar-refractivity contribution in [3.63, 3.8) is 0 Å². The third-order valence-electron chi connectivity index (χ3n) is 1.76. The molecule has 1 aromatic heterocycles. The fourth-order valence-corrected chi connectivity index (χ4v) is 0.862. The van der Waals surface area contributed by atoms with Gasteiger partial charge in [0.2, 0.25) is 0 Å². The number of aryl methyl sites for hydroxylation is 1. The SMILES string of the molecule is Cc1nc([N+](=O)[O-])n(C)c1C. The zero-order chi connectivity index (χ0) is 8.59. The van der Waals surface area contributed by atoms with E-state index in [9.17, 15) is 10.1 Å². The Morgan fingerprint density at radius 3 is 2.27 bits per heavy atom. The van der Waals surface area contributed by atoms with E-state index in [1.807, 2.05) is 0 Å². The van der Waals surface area contributed by atoms with Gasteiger partial charge in [0.1, 0.15) is 5.69 Å². The van der Waals surface area contributed by atoms with Gasteiger partial charge in [0, 0.05) is 0 Å². The van der Waals surface area contributed by atoms with Crippen LogP contribution in [0, 0.1) is 24.0 Å². The van der Waals surface area contributed by atoms with Crippen molar-refractivity contribution in [2.24, 2.45) is 7.05 Å². The van der Waals surface area contributed by atoms with Crippen LogP contribution in [0.4, 0.5) is 5.95 Å². The van der Waals surface area contributed by atoms with E-state index in [1.165, 1.54) is 4.57 Å². The van der Waals surface area contributed by atoms with Crippen molar-refractivity contribution in [3.05, 3.63) is 21.5 Å². The second kappa shape index (κ2) is 2.34. The summed E-state index contributed by atoms with van der Waals surface area (Å²) in [6.07, 6.45) is 0. The molecule has 0 unspecified atom stereocenters. The lowest BCUT2D eigenvalue weighted by Crippen LogP contribution is -1.99. The van der Waals surface area contributed by atoms with E-state index in [0.29, 0.717) is 5.69 Å². The highest BCUT2D eigenvalue weighted by molar-refractivity contribution is 5.20. The van der Waals surface area contributed by atoms with E-state index in [-0.39, 0.29) is 5.95 Å². The molecule has 1 rings (SSSR count). The first-order valence-electron chi connectivity index (χ1n) is 3.18. The molecule has 0 aromatic carbocycles. The number of nitrogens with zero attached hydrogens (tertiary/aromatic N) is 3. The van der Waals surface area contributed by atoms with Gasteiger partial charge in [-0.3, -0.25) is 0 Å². The van der Waals surface area contributed by atoms with Crippen LogP contribution >= 0.6 is 0 Å². The second-order valence-electron chi connectivity index (χ2n) is 2.40. The summed E-state index contributed by atoms with van der Waals surface area (Å²) in [5, 5.41) is 10.3. The smallest absolute Gasteiger partial charge is 0.390 e. The van der Waals surface area contributed by atoms with Crippen LogP contribution in [-0.4, -0.2) is 14.5 Å². The van der Waals surface area contributed by atoms with Crippen LogP contribution < -0.4 is 0 Å². The normalized spacial score (nSPS) is 10.1. The highest BCUT2D eigenvalue weighted by Crippen LogP contribution is 2.13. The van der Waals surface area contributed by atoms with Crippen molar-refractivity contribution in [1.82, 2.24) is 9.55 Å². The maximum Gasteiger partial charge on any atom is 0.434 e. The predicted octanol–water partition coefficient (Wildman–Crippen LogP) is 0.945. The van der Waals surface area contributed by atoms with Crippen LogP contribution in [-0.2, 0) is 7.05 Å². The van der Waals surface area contributed by atoms with Crippen LogP contribution in [0.3, 0.4) is 0 Å². The van der Waals surface area contributed by atoms with Crippen molar-refractivity contribution in [2.45, 2.75) is 13.8 Å². The van der Waals surface area contributed by atoms with Gasteiger partial charge in [-0.2, -0.15) is 0 Å². The average molecular weight is 155 g/mol. The molecule has 0 radical (unpaired) electrons. The van der Waals surface area contributed by atoms with E-state index in [1.54, 1.807) is 20.9 Å². The Labute approximate surface area is 63.8 Å². The predicted molar refractivity (Wildman–Crippen MR) is 39.3 cm³/mol. The second-order valence-corrected chi connectivity index (χ2v) is 2.40. The molecule has 0 aliphatic carbocycles. The number of rotatable bonds is 1. The lowest BCUT2D eigenvalue weighted by Gasteiger charge is -1.93. The summed E-state index contributed by atoms with van der Waals surface area (Å²) in [5.74, 6) is -0.0972. The van der Waals surface area contributed by atoms with Gasteiger partial charge >= 0.3 is 5.95 Å². The topological polar surface area (TPSA) is 61.0 Å². The Balaban J connectivity index is 3.29. The number of imidazole rings is 1. The zero-order valence-electron chi connectivity index (χ0n) is 6.66. The van der Waals surface area contributed by atoms with Crippen molar-refractivity contribution in [2.75, 3.05) is 0 Å². The molecule has 0 saturated carbocycles. The monoisotopic (exact) mass is 155 g/mol. The Kier molecular flexibility index (Phi) is 1.64. The minimum Gasteiger partial charge on any atom is -0.390 e. The summed E-state index contributed by atoms with van der Waals surface area (Å²) < 4.78 is 1.47. The molecule has 0 bridgehead atoms. The molecule has 0 saturated heterocycles. The lowest BCUT2D eigenvalue weighted by atomic mass is 10.4. The van der Waals surface area contributed by atoms with Gasteiger partial charge < -0.3 is 10.1 Å². The third kappa shape index (κ3) is 1.09. The number of nitro groups is 1. The maximum atomic E-state index is 10.3. The average Bonchev–Trinajstić information content (AvgIpc) is 2.17. The zero-order valence-corrected chi connectivity index (χ0v) is 6.66. The van der Waals surface area contributed by atoms with Crippen LogP contribution in [0.25, 0.3) is 0 Å². The quantitative estimate of drug-likeness (QED) is 0.448. The molecule has 60 valence electrons. The molecule has 0 spiro atoms. The van der Waals surface area contributed by atoms with Gasteiger partial charge in [-0.15, -0.1) is 0 Å². The number of hydrogen-bond donors (Lipinski definition) is 0. The summed E-state index contributed by atoms with van der Waals surface area (Å²) in [4.78, 5) is 13.6. The summed E-state index contributed by atoms with van der Waals surface area (Å²) in [6, 6.07) is 0. The molecule has 5 nitrogen and oxygen atoms in total. The van der Waals surface area contributed by atoms with Gasteiger partial charge in [0.15, 0.2) is 5.69 Å². The molecular weight excluding hydrogens is 146 g/mol. The summed E-state index contributed by atoms with van der Waals surface area (Å²) in [7, 11) is 1.63. The molecule has 0 aliphatic rings. The first-order chi connectivity index (χ1) is 5.04. The van der Waals surface area contributed by atoms with E-state index < -0.39 is 4.92 Å². The molecular formula is C6H9N3O2. The van der Waals surface area contributed by atoms with Crippen LogP contribution in [0.15, 0.2) is 0 Å². The summed E-state index contributed by atoms with van der Waals surface area (Å²) in [6.45, 7) is 3.55. The maximum absolute atomic E-state index is 10.3. The molecule has 0 fully saturated rings. The largest absolute Gasteiger partial charge is 0.434 e. The van der Waals surface area contributed by atoms with Gasteiger partial charge in [-0.25, -0.2) is 4.57 Å². The first kappa shape index (κ1) is 7.71. The minimum absolute atomic E-state index is 0.0972. The van der Waals surface area contributed by atoms with Crippen molar-refractivity contribution in [3.8, 4) is 0 Å².